The Morgan fingerprint density at radius 3 is 2.43 bits per heavy atom. The van der Waals surface area contributed by atoms with Crippen molar-refractivity contribution in [2.24, 2.45) is 0 Å². The lowest BCUT2D eigenvalue weighted by atomic mass is 10.3. The van der Waals surface area contributed by atoms with Crippen LogP contribution in [-0.4, -0.2) is 30.3 Å². The zero-order chi connectivity index (χ0) is 15.1. The molecule has 0 atom stereocenters. The lowest BCUT2D eigenvalue weighted by Gasteiger charge is -2.08. The maximum atomic E-state index is 5.93. The van der Waals surface area contributed by atoms with Gasteiger partial charge in [-0.25, -0.2) is 4.98 Å². The second kappa shape index (κ2) is 7.69. The van der Waals surface area contributed by atoms with Crippen LogP contribution in [0, 0.1) is 0 Å². The van der Waals surface area contributed by atoms with Crippen molar-refractivity contribution in [3.05, 3.63) is 41.3 Å². The van der Waals surface area contributed by atoms with Gasteiger partial charge in [-0.1, -0.05) is 11.6 Å². The van der Waals surface area contributed by atoms with Gasteiger partial charge in [-0.05, 0) is 31.2 Å². The molecule has 0 aliphatic carbocycles. The quantitative estimate of drug-likeness (QED) is 0.735. The summed E-state index contributed by atoms with van der Waals surface area (Å²) in [6.07, 6.45) is 0.548. The first-order valence-electron chi connectivity index (χ1n) is 6.64. The van der Waals surface area contributed by atoms with Crippen LogP contribution in [0.25, 0.3) is 0 Å². The molecule has 2 rings (SSSR count). The first-order valence-corrected chi connectivity index (χ1v) is 7.02. The highest BCUT2D eigenvalue weighted by Gasteiger charge is 2.05. The Labute approximate surface area is 128 Å². The summed E-state index contributed by atoms with van der Waals surface area (Å²) in [5.74, 6) is 2.64. The number of benzene rings is 1. The first-order chi connectivity index (χ1) is 10.2. The molecule has 5 nitrogen and oxygen atoms in total. The van der Waals surface area contributed by atoms with Gasteiger partial charge in [-0.2, -0.15) is 4.98 Å². The third-order valence-corrected chi connectivity index (χ3v) is 2.86. The van der Waals surface area contributed by atoms with Gasteiger partial charge in [-0.3, -0.25) is 0 Å². The molecule has 0 aliphatic heterocycles. The van der Waals surface area contributed by atoms with E-state index < -0.39 is 0 Å². The van der Waals surface area contributed by atoms with Crippen molar-refractivity contribution in [2.45, 2.75) is 13.3 Å². The van der Waals surface area contributed by atoms with Gasteiger partial charge >= 0.3 is 0 Å². The van der Waals surface area contributed by atoms with Crippen LogP contribution < -0.4 is 14.2 Å². The molecule has 0 aliphatic rings. The number of rotatable bonds is 7. The summed E-state index contributed by atoms with van der Waals surface area (Å²) >= 11 is 5.93. The van der Waals surface area contributed by atoms with Crippen molar-refractivity contribution in [1.82, 2.24) is 9.97 Å². The van der Waals surface area contributed by atoms with Crippen LogP contribution in [0.1, 0.15) is 12.7 Å². The fourth-order valence-electron chi connectivity index (χ4n) is 1.71. The molecule has 0 N–H and O–H groups in total. The average molecular weight is 309 g/mol. The van der Waals surface area contributed by atoms with E-state index in [0.717, 1.165) is 11.5 Å². The topological polar surface area (TPSA) is 53.5 Å². The fourth-order valence-corrected chi connectivity index (χ4v) is 1.90. The van der Waals surface area contributed by atoms with Gasteiger partial charge in [0.05, 0.1) is 20.3 Å². The third-order valence-electron chi connectivity index (χ3n) is 2.66. The van der Waals surface area contributed by atoms with Crippen LogP contribution >= 0.6 is 11.6 Å². The fraction of sp³-hybridized carbons (Fsp3) is 0.333. The molecule has 2 aromatic rings. The van der Waals surface area contributed by atoms with E-state index in [-0.39, 0.29) is 0 Å². The van der Waals surface area contributed by atoms with E-state index in [9.17, 15) is 0 Å². The Balaban J connectivity index is 1.90. The minimum absolute atomic E-state index is 0.368. The minimum atomic E-state index is 0.368. The smallest absolute Gasteiger partial charge is 0.218 e. The number of ether oxygens (including phenoxy) is 3. The van der Waals surface area contributed by atoms with Gasteiger partial charge < -0.3 is 14.2 Å². The number of hydrogen-bond acceptors (Lipinski definition) is 5. The number of aromatic nitrogens is 2. The SMILES string of the molecule is CCOc1cc(Cl)nc(CCOc2ccc(OC)cc2)n1. The zero-order valence-corrected chi connectivity index (χ0v) is 12.8. The molecule has 1 aromatic carbocycles. The minimum Gasteiger partial charge on any atom is -0.497 e. The predicted molar refractivity (Wildman–Crippen MR) is 80.4 cm³/mol. The molecule has 1 heterocycles. The molecular weight excluding hydrogens is 292 g/mol. The highest BCUT2D eigenvalue weighted by Crippen LogP contribution is 2.18. The van der Waals surface area contributed by atoms with Crippen LogP contribution in [0.3, 0.4) is 0 Å². The van der Waals surface area contributed by atoms with E-state index in [4.69, 9.17) is 25.8 Å². The maximum absolute atomic E-state index is 5.93. The Hall–Kier alpha value is -2.01. The Kier molecular flexibility index (Phi) is 5.63. The van der Waals surface area contributed by atoms with Crippen molar-refractivity contribution >= 4 is 11.6 Å². The second-order valence-electron chi connectivity index (χ2n) is 4.15. The first kappa shape index (κ1) is 15.4. The van der Waals surface area contributed by atoms with Crippen LogP contribution in [0.15, 0.2) is 30.3 Å². The monoisotopic (exact) mass is 308 g/mol. The molecule has 0 spiro atoms. The van der Waals surface area contributed by atoms with Crippen LogP contribution in [0.5, 0.6) is 17.4 Å². The Bertz CT molecular complexity index is 576. The summed E-state index contributed by atoms with van der Waals surface area (Å²) in [5.41, 5.74) is 0. The summed E-state index contributed by atoms with van der Waals surface area (Å²) in [4.78, 5) is 8.41. The average Bonchev–Trinajstić information content (AvgIpc) is 2.48. The van der Waals surface area contributed by atoms with Crippen LogP contribution in [0.2, 0.25) is 5.15 Å². The van der Waals surface area contributed by atoms with E-state index in [1.807, 2.05) is 31.2 Å². The number of hydrogen-bond donors (Lipinski definition) is 0. The summed E-state index contributed by atoms with van der Waals surface area (Å²) in [7, 11) is 1.63. The lowest BCUT2D eigenvalue weighted by Crippen LogP contribution is -2.06. The number of halogens is 1. The van der Waals surface area contributed by atoms with Crippen molar-refractivity contribution in [3.63, 3.8) is 0 Å². The second-order valence-corrected chi connectivity index (χ2v) is 4.54. The van der Waals surface area contributed by atoms with E-state index in [1.54, 1.807) is 13.2 Å². The summed E-state index contributed by atoms with van der Waals surface area (Å²) in [5, 5.41) is 0.368. The van der Waals surface area contributed by atoms with Gasteiger partial charge in [0.15, 0.2) is 0 Å². The maximum Gasteiger partial charge on any atom is 0.218 e. The molecule has 21 heavy (non-hydrogen) atoms. The van der Waals surface area contributed by atoms with Crippen LogP contribution in [0.4, 0.5) is 0 Å². The third kappa shape index (κ3) is 4.79. The van der Waals surface area contributed by atoms with Gasteiger partial charge in [0, 0.05) is 12.5 Å². The highest BCUT2D eigenvalue weighted by molar-refractivity contribution is 6.29. The Morgan fingerprint density at radius 1 is 1.05 bits per heavy atom. The van der Waals surface area contributed by atoms with Gasteiger partial charge in [0.25, 0.3) is 0 Å². The van der Waals surface area contributed by atoms with Crippen LogP contribution in [-0.2, 0) is 6.42 Å². The number of methoxy groups -OCH3 is 1. The lowest BCUT2D eigenvalue weighted by molar-refractivity contribution is 0.310. The Morgan fingerprint density at radius 2 is 1.76 bits per heavy atom. The van der Waals surface area contributed by atoms with Gasteiger partial charge in [-0.15, -0.1) is 0 Å². The summed E-state index contributed by atoms with van der Waals surface area (Å²) in [6.45, 7) is 2.88. The van der Waals surface area contributed by atoms with E-state index in [0.29, 0.717) is 36.5 Å². The molecular formula is C15H17ClN2O3. The molecule has 0 amide bonds. The molecule has 0 radical (unpaired) electrons. The van der Waals surface area contributed by atoms with Crippen molar-refractivity contribution in [3.8, 4) is 17.4 Å². The summed E-state index contributed by atoms with van der Waals surface area (Å²) < 4.78 is 16.0. The highest BCUT2D eigenvalue weighted by atomic mass is 35.5. The molecule has 0 fully saturated rings. The number of nitrogens with zero attached hydrogens (tertiary/aromatic N) is 2. The molecule has 0 saturated carbocycles. The standard InChI is InChI=1S/C15H17ClN2O3/c1-3-20-15-10-13(16)17-14(18-15)8-9-21-12-6-4-11(19-2)5-7-12/h4-7,10H,3,8-9H2,1-2H3. The van der Waals surface area contributed by atoms with E-state index in [2.05, 4.69) is 9.97 Å². The molecule has 1 aromatic heterocycles. The predicted octanol–water partition coefficient (Wildman–Crippen LogP) is 3.16. The van der Waals surface area contributed by atoms with Crippen molar-refractivity contribution in [2.75, 3.05) is 20.3 Å². The molecule has 0 unspecified atom stereocenters. The van der Waals surface area contributed by atoms with Crippen molar-refractivity contribution in [1.29, 1.82) is 0 Å². The van der Waals surface area contributed by atoms with E-state index in [1.165, 1.54) is 0 Å². The largest absolute Gasteiger partial charge is 0.497 e. The normalized spacial score (nSPS) is 10.2. The van der Waals surface area contributed by atoms with Crippen molar-refractivity contribution < 1.29 is 14.2 Å². The molecule has 0 saturated heterocycles. The zero-order valence-electron chi connectivity index (χ0n) is 12.0. The molecule has 0 bridgehead atoms. The van der Waals surface area contributed by atoms with Gasteiger partial charge in [0.1, 0.15) is 22.5 Å². The molecule has 112 valence electrons. The van der Waals surface area contributed by atoms with Gasteiger partial charge in [0.2, 0.25) is 5.88 Å². The summed E-state index contributed by atoms with van der Waals surface area (Å²) in [6, 6.07) is 8.99. The van der Waals surface area contributed by atoms with E-state index >= 15 is 0 Å². The molecule has 6 heteroatoms.